The van der Waals surface area contributed by atoms with Crippen molar-refractivity contribution in [3.63, 3.8) is 0 Å². The Morgan fingerprint density at radius 2 is 2.33 bits per heavy atom. The summed E-state index contributed by atoms with van der Waals surface area (Å²) in [5.41, 5.74) is 0.614. The highest BCUT2D eigenvalue weighted by molar-refractivity contribution is 7.99. The maximum absolute atomic E-state index is 12.7. The second-order valence-corrected chi connectivity index (χ2v) is 5.85. The van der Waals surface area contributed by atoms with Crippen LogP contribution in [0.2, 0.25) is 0 Å². The van der Waals surface area contributed by atoms with Gasteiger partial charge in [0, 0.05) is 6.61 Å². The summed E-state index contributed by atoms with van der Waals surface area (Å²) in [6.45, 7) is 1.26. The lowest BCUT2D eigenvalue weighted by molar-refractivity contribution is 0.0937. The molecular weight excluding hydrogens is 286 g/mol. The normalized spacial score (nSPS) is 18.0. The lowest BCUT2D eigenvalue weighted by Gasteiger charge is -2.15. The van der Waals surface area contributed by atoms with Crippen LogP contribution in [0.5, 0.6) is 0 Å². The van der Waals surface area contributed by atoms with Gasteiger partial charge in [-0.25, -0.2) is 4.98 Å². The summed E-state index contributed by atoms with van der Waals surface area (Å²) in [5, 5.41) is 9.98. The van der Waals surface area contributed by atoms with E-state index in [-0.39, 0.29) is 17.4 Å². The lowest BCUT2D eigenvalue weighted by Crippen LogP contribution is -2.28. The standard InChI is InChI=1S/C15H15N3O2S/c16-7-9-21-15-17-13-6-2-1-5-12(13)14(19)18(15)10-11-4-3-8-20-11/h1-2,5-6,11H,3-4,8-10H2/t11-/m1/s1. The van der Waals surface area contributed by atoms with Gasteiger partial charge >= 0.3 is 0 Å². The van der Waals surface area contributed by atoms with E-state index in [0.717, 1.165) is 19.4 Å². The predicted octanol–water partition coefficient (Wildman–Crippen LogP) is 2.19. The van der Waals surface area contributed by atoms with E-state index in [2.05, 4.69) is 11.1 Å². The molecule has 0 amide bonds. The fourth-order valence-electron chi connectivity index (χ4n) is 2.51. The Kier molecular flexibility index (Phi) is 4.23. The Balaban J connectivity index is 2.06. The molecule has 0 unspecified atom stereocenters. The van der Waals surface area contributed by atoms with Crippen molar-refractivity contribution in [2.24, 2.45) is 0 Å². The van der Waals surface area contributed by atoms with Crippen LogP contribution >= 0.6 is 11.8 Å². The molecular formula is C15H15N3O2S. The number of nitriles is 1. The van der Waals surface area contributed by atoms with Crippen molar-refractivity contribution in [2.45, 2.75) is 30.6 Å². The average Bonchev–Trinajstić information content (AvgIpc) is 3.01. The van der Waals surface area contributed by atoms with Gasteiger partial charge < -0.3 is 4.74 Å². The van der Waals surface area contributed by atoms with Crippen molar-refractivity contribution in [3.05, 3.63) is 34.6 Å². The number of rotatable bonds is 4. The van der Waals surface area contributed by atoms with Crippen molar-refractivity contribution in [1.82, 2.24) is 9.55 Å². The third-order valence-electron chi connectivity index (χ3n) is 3.50. The number of nitrogens with zero attached hydrogens (tertiary/aromatic N) is 3. The zero-order valence-electron chi connectivity index (χ0n) is 11.5. The van der Waals surface area contributed by atoms with Crippen LogP contribution in [0.3, 0.4) is 0 Å². The van der Waals surface area contributed by atoms with Crippen LogP contribution in [0.1, 0.15) is 12.8 Å². The first-order chi connectivity index (χ1) is 10.3. The SMILES string of the molecule is N#CCSc1nc2ccccc2c(=O)n1C[C@H]1CCCO1. The number of ether oxygens (including phenoxy) is 1. The first-order valence-electron chi connectivity index (χ1n) is 6.90. The molecule has 1 atom stereocenters. The van der Waals surface area contributed by atoms with Crippen LogP contribution < -0.4 is 5.56 Å². The zero-order valence-corrected chi connectivity index (χ0v) is 12.3. The number of para-hydroxylation sites is 1. The van der Waals surface area contributed by atoms with Gasteiger partial charge in [-0.3, -0.25) is 9.36 Å². The van der Waals surface area contributed by atoms with Crippen LogP contribution in [-0.2, 0) is 11.3 Å². The van der Waals surface area contributed by atoms with Gasteiger partial charge in [0.2, 0.25) is 0 Å². The van der Waals surface area contributed by atoms with Crippen LogP contribution in [0.15, 0.2) is 34.2 Å². The van der Waals surface area contributed by atoms with Crippen LogP contribution in [0.4, 0.5) is 0 Å². The van der Waals surface area contributed by atoms with Crippen molar-refractivity contribution >= 4 is 22.7 Å². The molecule has 0 saturated carbocycles. The van der Waals surface area contributed by atoms with Gasteiger partial charge in [0.25, 0.3) is 5.56 Å². The summed E-state index contributed by atoms with van der Waals surface area (Å²) < 4.78 is 7.27. The zero-order chi connectivity index (χ0) is 14.7. The Morgan fingerprint density at radius 1 is 1.48 bits per heavy atom. The third kappa shape index (κ3) is 2.94. The summed E-state index contributed by atoms with van der Waals surface area (Å²) in [7, 11) is 0. The third-order valence-corrected chi connectivity index (χ3v) is 4.35. The van der Waals surface area contributed by atoms with Gasteiger partial charge in [-0.2, -0.15) is 5.26 Å². The molecule has 2 aromatic rings. The first kappa shape index (κ1) is 14.1. The summed E-state index contributed by atoms with van der Waals surface area (Å²) in [6.07, 6.45) is 2.05. The highest BCUT2D eigenvalue weighted by Crippen LogP contribution is 2.20. The smallest absolute Gasteiger partial charge is 0.262 e. The van der Waals surface area contributed by atoms with E-state index in [0.29, 0.717) is 22.6 Å². The molecule has 0 N–H and O–H groups in total. The molecule has 1 aromatic carbocycles. The first-order valence-corrected chi connectivity index (χ1v) is 7.89. The van der Waals surface area contributed by atoms with E-state index in [4.69, 9.17) is 10.00 Å². The van der Waals surface area contributed by atoms with Gasteiger partial charge in [0.15, 0.2) is 5.16 Å². The van der Waals surface area contributed by atoms with Crippen LogP contribution in [0, 0.1) is 11.3 Å². The second kappa shape index (κ2) is 6.29. The minimum Gasteiger partial charge on any atom is -0.376 e. The monoisotopic (exact) mass is 301 g/mol. The van der Waals surface area contributed by atoms with E-state index in [1.165, 1.54) is 11.8 Å². The van der Waals surface area contributed by atoms with E-state index in [1.54, 1.807) is 10.6 Å². The maximum Gasteiger partial charge on any atom is 0.262 e. The molecule has 2 heterocycles. The average molecular weight is 301 g/mol. The molecule has 1 aliphatic heterocycles. The molecule has 108 valence electrons. The number of benzene rings is 1. The number of fused-ring (bicyclic) bond motifs is 1. The number of hydrogen-bond donors (Lipinski definition) is 0. The predicted molar refractivity (Wildman–Crippen MR) is 81.3 cm³/mol. The molecule has 0 radical (unpaired) electrons. The van der Waals surface area contributed by atoms with Crippen molar-refractivity contribution in [3.8, 4) is 6.07 Å². The highest BCUT2D eigenvalue weighted by atomic mass is 32.2. The van der Waals surface area contributed by atoms with Gasteiger partial charge in [0.05, 0.1) is 35.4 Å². The Hall–Kier alpha value is -1.84. The van der Waals surface area contributed by atoms with E-state index >= 15 is 0 Å². The molecule has 1 saturated heterocycles. The van der Waals surface area contributed by atoms with Crippen LogP contribution in [0.25, 0.3) is 10.9 Å². The number of aromatic nitrogens is 2. The van der Waals surface area contributed by atoms with Crippen molar-refractivity contribution in [2.75, 3.05) is 12.4 Å². The summed E-state index contributed by atoms with van der Waals surface area (Å²) >= 11 is 1.29. The highest BCUT2D eigenvalue weighted by Gasteiger charge is 2.20. The molecule has 5 nitrogen and oxygen atoms in total. The fourth-order valence-corrected chi connectivity index (χ4v) is 3.18. The Labute approximate surface area is 126 Å². The molecule has 1 fully saturated rings. The van der Waals surface area contributed by atoms with Crippen molar-refractivity contribution < 1.29 is 4.74 Å². The Bertz CT molecular complexity index is 745. The molecule has 0 aliphatic carbocycles. The fraction of sp³-hybridized carbons (Fsp3) is 0.400. The van der Waals surface area contributed by atoms with Gasteiger partial charge in [0.1, 0.15) is 0 Å². The molecule has 6 heteroatoms. The van der Waals surface area contributed by atoms with E-state index in [1.807, 2.05) is 18.2 Å². The Morgan fingerprint density at radius 3 is 3.10 bits per heavy atom. The number of hydrogen-bond acceptors (Lipinski definition) is 5. The summed E-state index contributed by atoms with van der Waals surface area (Å²) in [5.74, 6) is 0.274. The van der Waals surface area contributed by atoms with E-state index < -0.39 is 0 Å². The van der Waals surface area contributed by atoms with Crippen molar-refractivity contribution in [1.29, 1.82) is 5.26 Å². The quantitative estimate of drug-likeness (QED) is 0.639. The molecule has 21 heavy (non-hydrogen) atoms. The second-order valence-electron chi connectivity index (χ2n) is 4.91. The molecule has 1 aromatic heterocycles. The molecule has 1 aliphatic rings. The number of thioether (sulfide) groups is 1. The van der Waals surface area contributed by atoms with E-state index in [9.17, 15) is 4.79 Å². The minimum atomic E-state index is -0.0588. The molecule has 0 spiro atoms. The molecule has 3 rings (SSSR count). The maximum atomic E-state index is 12.7. The topological polar surface area (TPSA) is 67.9 Å². The largest absolute Gasteiger partial charge is 0.376 e. The molecule has 0 bridgehead atoms. The van der Waals surface area contributed by atoms with Crippen LogP contribution in [-0.4, -0.2) is 28.0 Å². The van der Waals surface area contributed by atoms with Gasteiger partial charge in [-0.05, 0) is 25.0 Å². The lowest BCUT2D eigenvalue weighted by atomic mass is 10.2. The summed E-state index contributed by atoms with van der Waals surface area (Å²) in [6, 6.07) is 9.39. The minimum absolute atomic E-state index is 0.0588. The van der Waals surface area contributed by atoms with Gasteiger partial charge in [-0.15, -0.1) is 0 Å². The van der Waals surface area contributed by atoms with Gasteiger partial charge in [-0.1, -0.05) is 23.9 Å². The summed E-state index contributed by atoms with van der Waals surface area (Å²) in [4.78, 5) is 17.2.